The van der Waals surface area contributed by atoms with Crippen LogP contribution in [0, 0.1) is 5.92 Å². The molecule has 0 bridgehead atoms. The van der Waals surface area contributed by atoms with Crippen LogP contribution in [0.3, 0.4) is 0 Å². The molecular formula is C22H30ClN3O3. The smallest absolute Gasteiger partial charge is 0.237 e. The fraction of sp³-hybridized carbons (Fsp3) is 0.364. The standard InChI is InChI=1S/C22H27N3O2.ClH.H2O/c1-24(2)16-21(27)25-14-13-19(15-20(23)26)22(25,17-9-5-3-6-10-17)18-11-7-4-8-12-18;;/h3-12,19H,13-16H2,1-2H3,(H2,23,26);1H;1H2. The number of carbonyl (C=O) groups is 2. The minimum Gasteiger partial charge on any atom is -0.412 e. The number of benzene rings is 2. The predicted octanol–water partition coefficient (Wildman–Crippen LogP) is 1.81. The van der Waals surface area contributed by atoms with Crippen molar-refractivity contribution in [2.75, 3.05) is 27.2 Å². The van der Waals surface area contributed by atoms with Gasteiger partial charge in [-0.15, -0.1) is 12.4 Å². The number of hydrogen-bond donors (Lipinski definition) is 1. The molecule has 1 heterocycles. The number of likely N-dealkylation sites (tertiary alicyclic amines) is 1. The van der Waals surface area contributed by atoms with Gasteiger partial charge < -0.3 is 21.0 Å². The van der Waals surface area contributed by atoms with Crippen LogP contribution in [0.2, 0.25) is 0 Å². The average molecular weight is 420 g/mol. The van der Waals surface area contributed by atoms with Crippen LogP contribution in [0.25, 0.3) is 0 Å². The van der Waals surface area contributed by atoms with Gasteiger partial charge >= 0.3 is 0 Å². The molecule has 29 heavy (non-hydrogen) atoms. The molecule has 6 nitrogen and oxygen atoms in total. The first-order valence-corrected chi connectivity index (χ1v) is 9.30. The maximum atomic E-state index is 13.2. The highest BCUT2D eigenvalue weighted by atomic mass is 35.5. The van der Waals surface area contributed by atoms with E-state index >= 15 is 0 Å². The summed E-state index contributed by atoms with van der Waals surface area (Å²) in [5.41, 5.74) is 6.95. The van der Waals surface area contributed by atoms with E-state index < -0.39 is 5.54 Å². The van der Waals surface area contributed by atoms with Gasteiger partial charge in [-0.05, 0) is 31.6 Å². The summed E-state index contributed by atoms with van der Waals surface area (Å²) in [7, 11) is 3.78. The van der Waals surface area contributed by atoms with Crippen LogP contribution in [0.15, 0.2) is 60.7 Å². The number of likely N-dealkylation sites (N-methyl/N-ethyl adjacent to an activating group) is 1. The van der Waals surface area contributed by atoms with E-state index in [4.69, 9.17) is 5.73 Å². The van der Waals surface area contributed by atoms with Crippen LogP contribution in [0.5, 0.6) is 0 Å². The Balaban J connectivity index is 0.00000210. The van der Waals surface area contributed by atoms with Gasteiger partial charge in [0.2, 0.25) is 11.8 Å². The van der Waals surface area contributed by atoms with Crippen LogP contribution in [0.1, 0.15) is 24.0 Å². The molecule has 0 aromatic heterocycles. The molecule has 2 aromatic carbocycles. The van der Waals surface area contributed by atoms with Crippen LogP contribution in [-0.2, 0) is 15.1 Å². The Labute approximate surface area is 178 Å². The molecule has 1 atom stereocenters. The third kappa shape index (κ3) is 4.78. The van der Waals surface area contributed by atoms with Gasteiger partial charge in [0.1, 0.15) is 0 Å². The maximum Gasteiger partial charge on any atom is 0.237 e. The lowest BCUT2D eigenvalue weighted by Crippen LogP contribution is -2.52. The summed E-state index contributed by atoms with van der Waals surface area (Å²) in [6.45, 7) is 0.930. The van der Waals surface area contributed by atoms with E-state index in [0.29, 0.717) is 13.1 Å². The lowest BCUT2D eigenvalue weighted by atomic mass is 9.72. The van der Waals surface area contributed by atoms with Gasteiger partial charge in [0.25, 0.3) is 0 Å². The Kier molecular flexibility index (Phi) is 8.82. The first-order valence-electron chi connectivity index (χ1n) is 9.30. The van der Waals surface area contributed by atoms with E-state index in [1.807, 2.05) is 84.6 Å². The highest BCUT2D eigenvalue weighted by Crippen LogP contribution is 2.49. The largest absolute Gasteiger partial charge is 0.412 e. The zero-order valence-electron chi connectivity index (χ0n) is 16.9. The van der Waals surface area contributed by atoms with Crippen molar-refractivity contribution in [3.8, 4) is 0 Å². The minimum absolute atomic E-state index is 0. The summed E-state index contributed by atoms with van der Waals surface area (Å²) >= 11 is 0. The molecule has 4 N–H and O–H groups in total. The number of amides is 2. The molecule has 1 aliphatic rings. The lowest BCUT2D eigenvalue weighted by molar-refractivity contribution is -0.136. The van der Waals surface area contributed by atoms with Gasteiger partial charge in [-0.2, -0.15) is 0 Å². The predicted molar refractivity (Wildman–Crippen MR) is 117 cm³/mol. The molecule has 7 heteroatoms. The Bertz CT molecular complexity index is 760. The number of hydrogen-bond acceptors (Lipinski definition) is 3. The van der Waals surface area contributed by atoms with E-state index in [1.165, 1.54) is 0 Å². The molecule has 0 spiro atoms. The summed E-state index contributed by atoms with van der Waals surface area (Å²) in [6.07, 6.45) is 0.988. The van der Waals surface area contributed by atoms with Crippen molar-refractivity contribution in [2.24, 2.45) is 11.7 Å². The second kappa shape index (κ2) is 10.4. The number of rotatable bonds is 6. The summed E-state index contributed by atoms with van der Waals surface area (Å²) in [5.74, 6) is -0.344. The van der Waals surface area contributed by atoms with Crippen molar-refractivity contribution >= 4 is 24.2 Å². The van der Waals surface area contributed by atoms with E-state index in [-0.39, 0.29) is 42.0 Å². The fourth-order valence-electron chi connectivity index (χ4n) is 4.39. The third-order valence-corrected chi connectivity index (χ3v) is 5.35. The van der Waals surface area contributed by atoms with E-state index in [2.05, 4.69) is 0 Å². The van der Waals surface area contributed by atoms with Gasteiger partial charge in [-0.1, -0.05) is 60.7 Å². The SMILES string of the molecule is CN(C)CC(=O)N1CCC(CC(N)=O)C1(c1ccccc1)c1ccccc1.Cl.O. The maximum absolute atomic E-state index is 13.2. The minimum atomic E-state index is -0.690. The number of primary amides is 1. The van der Waals surface area contributed by atoms with Crippen molar-refractivity contribution in [1.82, 2.24) is 9.80 Å². The first-order chi connectivity index (χ1) is 13.0. The second-order valence-electron chi connectivity index (χ2n) is 7.44. The summed E-state index contributed by atoms with van der Waals surface area (Å²) in [5, 5.41) is 0. The second-order valence-corrected chi connectivity index (χ2v) is 7.44. The molecule has 3 rings (SSSR count). The molecule has 0 saturated carbocycles. The lowest BCUT2D eigenvalue weighted by Gasteiger charge is -2.44. The van der Waals surface area contributed by atoms with E-state index in [1.54, 1.807) is 0 Å². The van der Waals surface area contributed by atoms with Gasteiger partial charge in [0, 0.05) is 18.9 Å². The zero-order valence-corrected chi connectivity index (χ0v) is 17.7. The van der Waals surface area contributed by atoms with Gasteiger partial charge in [0.15, 0.2) is 0 Å². The van der Waals surface area contributed by atoms with Crippen LogP contribution in [0.4, 0.5) is 0 Å². The Hall–Kier alpha value is -2.41. The van der Waals surface area contributed by atoms with E-state index in [0.717, 1.165) is 17.5 Å². The van der Waals surface area contributed by atoms with Gasteiger partial charge in [-0.25, -0.2) is 0 Å². The average Bonchev–Trinajstić information content (AvgIpc) is 3.02. The van der Waals surface area contributed by atoms with Crippen molar-refractivity contribution in [1.29, 1.82) is 0 Å². The number of halogens is 1. The van der Waals surface area contributed by atoms with Crippen molar-refractivity contribution in [3.05, 3.63) is 71.8 Å². The summed E-state index contributed by atoms with van der Waals surface area (Å²) < 4.78 is 0. The summed E-state index contributed by atoms with van der Waals surface area (Å²) in [6, 6.07) is 20.0. The van der Waals surface area contributed by atoms with Crippen LogP contribution >= 0.6 is 12.4 Å². The number of nitrogens with two attached hydrogens (primary N) is 1. The molecule has 2 amide bonds. The third-order valence-electron chi connectivity index (χ3n) is 5.35. The Morgan fingerprint density at radius 2 is 1.52 bits per heavy atom. The molecule has 2 aromatic rings. The van der Waals surface area contributed by atoms with Crippen LogP contribution < -0.4 is 5.73 Å². The Morgan fingerprint density at radius 3 is 1.93 bits per heavy atom. The number of carbonyl (C=O) groups excluding carboxylic acids is 2. The quantitative estimate of drug-likeness (QED) is 0.772. The van der Waals surface area contributed by atoms with Crippen LogP contribution in [-0.4, -0.2) is 54.3 Å². The first kappa shape index (κ1) is 24.6. The zero-order chi connectivity index (χ0) is 19.4. The topological polar surface area (TPSA) is 98.1 Å². The number of nitrogens with zero attached hydrogens (tertiary/aromatic N) is 2. The molecule has 1 unspecified atom stereocenters. The van der Waals surface area contributed by atoms with Crippen molar-refractivity contribution in [2.45, 2.75) is 18.4 Å². The van der Waals surface area contributed by atoms with Crippen molar-refractivity contribution in [3.63, 3.8) is 0 Å². The molecule has 158 valence electrons. The molecule has 0 radical (unpaired) electrons. The molecule has 1 fully saturated rings. The molecule has 0 aliphatic carbocycles. The van der Waals surface area contributed by atoms with Crippen molar-refractivity contribution < 1.29 is 15.1 Å². The monoisotopic (exact) mass is 419 g/mol. The molecule has 1 saturated heterocycles. The highest BCUT2D eigenvalue weighted by molar-refractivity contribution is 5.85. The highest BCUT2D eigenvalue weighted by Gasteiger charge is 2.53. The van der Waals surface area contributed by atoms with Gasteiger partial charge in [0.05, 0.1) is 12.1 Å². The fourth-order valence-corrected chi connectivity index (χ4v) is 4.39. The molecule has 1 aliphatic heterocycles. The normalized spacial score (nSPS) is 17.3. The Morgan fingerprint density at radius 1 is 1.03 bits per heavy atom. The summed E-state index contributed by atoms with van der Waals surface area (Å²) in [4.78, 5) is 28.9. The molecular weight excluding hydrogens is 390 g/mol. The van der Waals surface area contributed by atoms with Gasteiger partial charge in [-0.3, -0.25) is 9.59 Å². The van der Waals surface area contributed by atoms with E-state index in [9.17, 15) is 9.59 Å².